The van der Waals surface area contributed by atoms with Crippen molar-refractivity contribution in [2.24, 2.45) is 5.92 Å². The van der Waals surface area contributed by atoms with Gasteiger partial charge in [-0.15, -0.1) is 0 Å². The standard InChI is InChI=1S/C17H18FN3O4/c1-2-5-11(17(24)25)10-19-16(23)13-8-9-15(22)21(20-13)14-7-4-3-6-12(14)18/h3-4,6-9,11H,2,5,10H2,1H3,(H,19,23)(H,24,25). The van der Waals surface area contributed by atoms with Crippen LogP contribution in [0.2, 0.25) is 0 Å². The van der Waals surface area contributed by atoms with Gasteiger partial charge in [-0.1, -0.05) is 25.5 Å². The second kappa shape index (κ2) is 8.18. The van der Waals surface area contributed by atoms with E-state index in [1.807, 2.05) is 6.92 Å². The number of carboxylic acids is 1. The SMILES string of the molecule is CCCC(CNC(=O)c1ccc(=O)n(-c2ccccc2F)n1)C(=O)O. The lowest BCUT2D eigenvalue weighted by Crippen LogP contribution is -2.34. The summed E-state index contributed by atoms with van der Waals surface area (Å²) in [4.78, 5) is 35.2. The molecule has 0 saturated heterocycles. The first kappa shape index (κ1) is 18.3. The lowest BCUT2D eigenvalue weighted by atomic mass is 10.0. The van der Waals surface area contributed by atoms with Gasteiger partial charge in [0.05, 0.1) is 5.92 Å². The molecule has 0 aliphatic heterocycles. The molecule has 0 fully saturated rings. The van der Waals surface area contributed by atoms with Gasteiger partial charge in [-0.25, -0.2) is 4.39 Å². The van der Waals surface area contributed by atoms with Crippen LogP contribution in [0.15, 0.2) is 41.2 Å². The van der Waals surface area contributed by atoms with Gasteiger partial charge < -0.3 is 10.4 Å². The van der Waals surface area contributed by atoms with E-state index < -0.39 is 29.2 Å². The van der Waals surface area contributed by atoms with Gasteiger partial charge >= 0.3 is 5.97 Å². The van der Waals surface area contributed by atoms with E-state index in [0.29, 0.717) is 12.8 Å². The van der Waals surface area contributed by atoms with Crippen molar-refractivity contribution in [3.8, 4) is 5.69 Å². The maximum absolute atomic E-state index is 13.9. The number of halogens is 1. The van der Waals surface area contributed by atoms with Crippen molar-refractivity contribution < 1.29 is 19.1 Å². The van der Waals surface area contributed by atoms with Gasteiger partial charge in [-0.05, 0) is 24.6 Å². The second-order valence-electron chi connectivity index (χ2n) is 5.45. The Labute approximate surface area is 143 Å². The number of carboxylic acid groups (broad SMARTS) is 1. The van der Waals surface area contributed by atoms with Crippen LogP contribution in [0.5, 0.6) is 0 Å². The number of para-hydroxylation sites is 1. The maximum atomic E-state index is 13.9. The number of hydrogen-bond acceptors (Lipinski definition) is 4. The van der Waals surface area contributed by atoms with Crippen molar-refractivity contribution >= 4 is 11.9 Å². The van der Waals surface area contributed by atoms with Crippen molar-refractivity contribution in [1.29, 1.82) is 0 Å². The summed E-state index contributed by atoms with van der Waals surface area (Å²) in [6, 6.07) is 7.88. The first-order valence-corrected chi connectivity index (χ1v) is 7.80. The summed E-state index contributed by atoms with van der Waals surface area (Å²) >= 11 is 0. The van der Waals surface area contributed by atoms with Gasteiger partial charge in [-0.3, -0.25) is 14.4 Å². The normalized spacial score (nSPS) is 11.8. The zero-order valence-electron chi connectivity index (χ0n) is 13.6. The highest BCUT2D eigenvalue weighted by molar-refractivity contribution is 5.92. The number of amides is 1. The van der Waals surface area contributed by atoms with E-state index in [1.54, 1.807) is 6.07 Å². The highest BCUT2D eigenvalue weighted by Gasteiger charge is 2.19. The van der Waals surface area contributed by atoms with Gasteiger partial charge in [0.1, 0.15) is 17.2 Å². The zero-order valence-corrected chi connectivity index (χ0v) is 13.6. The van der Waals surface area contributed by atoms with Gasteiger partial charge in [0.25, 0.3) is 11.5 Å². The molecule has 0 radical (unpaired) electrons. The lowest BCUT2D eigenvalue weighted by Gasteiger charge is -2.12. The van der Waals surface area contributed by atoms with Gasteiger partial charge in [0, 0.05) is 12.6 Å². The summed E-state index contributed by atoms with van der Waals surface area (Å²) in [5.74, 6) is -2.98. The van der Waals surface area contributed by atoms with Crippen LogP contribution in [0.25, 0.3) is 5.69 Å². The molecular formula is C17H18FN3O4. The van der Waals surface area contributed by atoms with Crippen molar-refractivity contribution in [2.45, 2.75) is 19.8 Å². The Kier molecular flexibility index (Phi) is 5.99. The van der Waals surface area contributed by atoms with Gasteiger partial charge in [0.2, 0.25) is 0 Å². The molecule has 0 aliphatic carbocycles. The summed E-state index contributed by atoms with van der Waals surface area (Å²) < 4.78 is 14.6. The molecule has 1 amide bonds. The topological polar surface area (TPSA) is 101 Å². The zero-order chi connectivity index (χ0) is 18.4. The van der Waals surface area contributed by atoms with Gasteiger partial charge in [-0.2, -0.15) is 9.78 Å². The summed E-state index contributed by atoms with van der Waals surface area (Å²) in [7, 11) is 0. The Morgan fingerprint density at radius 2 is 2.00 bits per heavy atom. The molecule has 2 rings (SSSR count). The van der Waals surface area contributed by atoms with Crippen LogP contribution in [-0.4, -0.2) is 33.3 Å². The molecule has 0 spiro atoms. The molecule has 25 heavy (non-hydrogen) atoms. The van der Waals surface area contributed by atoms with Crippen molar-refractivity contribution in [3.05, 3.63) is 58.3 Å². The average molecular weight is 347 g/mol. The molecule has 2 aromatic rings. The number of nitrogens with one attached hydrogen (secondary N) is 1. The van der Waals surface area contributed by atoms with E-state index in [1.165, 1.54) is 24.3 Å². The van der Waals surface area contributed by atoms with Crippen molar-refractivity contribution in [1.82, 2.24) is 15.1 Å². The fourth-order valence-electron chi connectivity index (χ4n) is 2.30. The van der Waals surface area contributed by atoms with Crippen molar-refractivity contribution in [2.75, 3.05) is 6.54 Å². The van der Waals surface area contributed by atoms with Crippen LogP contribution in [0, 0.1) is 11.7 Å². The third-order valence-corrected chi connectivity index (χ3v) is 3.61. The number of aliphatic carboxylic acids is 1. The van der Waals surface area contributed by atoms with Crippen LogP contribution in [0.3, 0.4) is 0 Å². The minimum atomic E-state index is -0.994. The van der Waals surface area contributed by atoms with Crippen LogP contribution >= 0.6 is 0 Å². The van der Waals surface area contributed by atoms with E-state index in [2.05, 4.69) is 10.4 Å². The molecule has 1 atom stereocenters. The number of aromatic nitrogens is 2. The van der Waals surface area contributed by atoms with E-state index in [9.17, 15) is 18.8 Å². The van der Waals surface area contributed by atoms with E-state index in [-0.39, 0.29) is 17.9 Å². The Morgan fingerprint density at radius 1 is 1.28 bits per heavy atom. The van der Waals surface area contributed by atoms with E-state index >= 15 is 0 Å². The molecule has 2 N–H and O–H groups in total. The third-order valence-electron chi connectivity index (χ3n) is 3.61. The number of carbonyl (C=O) groups is 2. The number of hydrogen-bond donors (Lipinski definition) is 2. The summed E-state index contributed by atoms with van der Waals surface area (Å²) in [6.45, 7) is 1.80. The molecular weight excluding hydrogens is 329 g/mol. The van der Waals surface area contributed by atoms with Crippen LogP contribution < -0.4 is 10.9 Å². The monoisotopic (exact) mass is 347 g/mol. The molecule has 1 aromatic heterocycles. The first-order chi connectivity index (χ1) is 11.9. The average Bonchev–Trinajstić information content (AvgIpc) is 2.59. The second-order valence-corrected chi connectivity index (χ2v) is 5.45. The van der Waals surface area contributed by atoms with E-state index in [0.717, 1.165) is 10.7 Å². The quantitative estimate of drug-likeness (QED) is 0.792. The molecule has 8 heteroatoms. The smallest absolute Gasteiger partial charge is 0.308 e. The summed E-state index contributed by atoms with van der Waals surface area (Å²) in [5, 5.41) is 15.5. The highest BCUT2D eigenvalue weighted by Crippen LogP contribution is 2.10. The number of rotatable bonds is 7. The Bertz CT molecular complexity index is 835. The molecule has 0 aliphatic rings. The minimum Gasteiger partial charge on any atom is -0.481 e. The Morgan fingerprint density at radius 3 is 2.64 bits per heavy atom. The van der Waals surface area contributed by atoms with Crippen LogP contribution in [0.1, 0.15) is 30.3 Å². The van der Waals surface area contributed by atoms with Crippen LogP contribution in [-0.2, 0) is 4.79 Å². The summed E-state index contributed by atoms with van der Waals surface area (Å²) in [6.07, 6.45) is 1.10. The number of benzene rings is 1. The number of nitrogens with zero attached hydrogens (tertiary/aromatic N) is 2. The number of carbonyl (C=O) groups excluding carboxylic acids is 1. The minimum absolute atomic E-state index is 0.0531. The van der Waals surface area contributed by atoms with Gasteiger partial charge in [0.15, 0.2) is 0 Å². The lowest BCUT2D eigenvalue weighted by molar-refractivity contribution is -0.141. The van der Waals surface area contributed by atoms with Crippen molar-refractivity contribution in [3.63, 3.8) is 0 Å². The third kappa shape index (κ3) is 4.50. The predicted octanol–water partition coefficient (Wildman–Crippen LogP) is 1.60. The van der Waals surface area contributed by atoms with E-state index in [4.69, 9.17) is 5.11 Å². The summed E-state index contributed by atoms with van der Waals surface area (Å²) in [5.41, 5.74) is -0.768. The Balaban J connectivity index is 2.22. The Hall–Kier alpha value is -3.03. The highest BCUT2D eigenvalue weighted by atomic mass is 19.1. The molecule has 7 nitrogen and oxygen atoms in total. The molecule has 0 bridgehead atoms. The molecule has 132 valence electrons. The molecule has 1 aromatic carbocycles. The molecule has 0 saturated carbocycles. The fourth-order valence-corrected chi connectivity index (χ4v) is 2.30. The largest absolute Gasteiger partial charge is 0.481 e. The van der Waals surface area contributed by atoms with Crippen LogP contribution in [0.4, 0.5) is 4.39 Å². The molecule has 1 heterocycles. The predicted molar refractivity (Wildman–Crippen MR) is 88.2 cm³/mol. The maximum Gasteiger partial charge on any atom is 0.308 e. The molecule has 1 unspecified atom stereocenters. The fraction of sp³-hybridized carbons (Fsp3) is 0.294. The first-order valence-electron chi connectivity index (χ1n) is 7.80.